The number of anilines is 1. The van der Waals surface area contributed by atoms with Crippen LogP contribution in [0.2, 0.25) is 5.02 Å². The molecule has 0 aliphatic carbocycles. The summed E-state index contributed by atoms with van der Waals surface area (Å²) in [5.41, 5.74) is 1.37. The molecular formula is C18H19ClN4O4S2. The highest BCUT2D eigenvalue weighted by molar-refractivity contribution is 7.89. The zero-order chi connectivity index (χ0) is 21.2. The van der Waals surface area contributed by atoms with E-state index in [-0.39, 0.29) is 4.90 Å². The molecule has 0 radical (unpaired) electrons. The van der Waals surface area contributed by atoms with Crippen molar-refractivity contribution in [2.75, 3.05) is 11.9 Å². The van der Waals surface area contributed by atoms with Gasteiger partial charge in [0.2, 0.25) is 27.6 Å². The molecule has 3 rings (SSSR count). The maximum Gasteiger partial charge on any atom is 0.242 e. The molecule has 8 nitrogen and oxygen atoms in total. The summed E-state index contributed by atoms with van der Waals surface area (Å²) in [7, 11) is -3.89. The molecule has 0 saturated heterocycles. The van der Waals surface area contributed by atoms with Gasteiger partial charge in [0.25, 0.3) is 0 Å². The standard InChI is InChI=1S/C18H19ClN4O4S2/c1-4-17-22-18(23-27-17)14-8-15(11(3)28-14)29(25,26)20-9-16(24)21-12-6-5-10(2)13(19)7-12/h5-8,20H,4,9H2,1-3H3,(H,21,24). The zero-order valence-electron chi connectivity index (χ0n) is 15.9. The van der Waals surface area contributed by atoms with Crippen LogP contribution in [0.3, 0.4) is 0 Å². The molecule has 29 heavy (non-hydrogen) atoms. The first-order valence-electron chi connectivity index (χ1n) is 8.68. The Labute approximate surface area is 177 Å². The Morgan fingerprint density at radius 2 is 2.03 bits per heavy atom. The fourth-order valence-corrected chi connectivity index (χ4v) is 5.13. The third-order valence-corrected chi connectivity index (χ3v) is 7.14. The molecule has 1 aromatic carbocycles. The lowest BCUT2D eigenvalue weighted by molar-refractivity contribution is -0.115. The molecule has 0 fully saturated rings. The Kier molecular flexibility index (Phi) is 6.37. The van der Waals surface area contributed by atoms with Crippen LogP contribution < -0.4 is 10.0 Å². The minimum atomic E-state index is -3.89. The molecule has 154 valence electrons. The second-order valence-corrected chi connectivity index (χ2v) is 9.63. The van der Waals surface area contributed by atoms with Crippen molar-refractivity contribution in [1.29, 1.82) is 0 Å². The van der Waals surface area contributed by atoms with Crippen LogP contribution in [-0.4, -0.2) is 31.0 Å². The first kappa shape index (κ1) is 21.4. The van der Waals surface area contributed by atoms with E-state index in [1.54, 1.807) is 25.1 Å². The molecule has 0 aliphatic heterocycles. The Morgan fingerprint density at radius 3 is 2.69 bits per heavy atom. The molecule has 0 spiro atoms. The van der Waals surface area contributed by atoms with Gasteiger partial charge in [-0.15, -0.1) is 11.3 Å². The molecule has 0 unspecified atom stereocenters. The van der Waals surface area contributed by atoms with Crippen LogP contribution in [0.25, 0.3) is 10.7 Å². The molecule has 0 saturated carbocycles. The number of aromatic nitrogens is 2. The van der Waals surface area contributed by atoms with Crippen LogP contribution in [0.1, 0.15) is 23.3 Å². The van der Waals surface area contributed by atoms with E-state index in [1.165, 1.54) is 17.4 Å². The second-order valence-electron chi connectivity index (χ2n) is 6.23. The van der Waals surface area contributed by atoms with Crippen LogP contribution in [0.5, 0.6) is 0 Å². The Bertz CT molecular complexity index is 1150. The van der Waals surface area contributed by atoms with Gasteiger partial charge in [-0.05, 0) is 37.6 Å². The summed E-state index contributed by atoms with van der Waals surface area (Å²) < 4.78 is 32.7. The fourth-order valence-electron chi connectivity index (χ4n) is 2.46. The van der Waals surface area contributed by atoms with E-state index < -0.39 is 22.5 Å². The molecule has 0 atom stereocenters. The Balaban J connectivity index is 1.69. The number of sulfonamides is 1. The Hall–Kier alpha value is -2.27. The number of rotatable bonds is 7. The predicted molar refractivity (Wildman–Crippen MR) is 112 cm³/mol. The molecule has 2 heterocycles. The maximum atomic E-state index is 12.6. The average Bonchev–Trinajstić information content (AvgIpc) is 3.30. The van der Waals surface area contributed by atoms with Crippen molar-refractivity contribution in [3.05, 3.63) is 45.6 Å². The van der Waals surface area contributed by atoms with Crippen LogP contribution >= 0.6 is 22.9 Å². The highest BCUT2D eigenvalue weighted by atomic mass is 35.5. The van der Waals surface area contributed by atoms with Crippen molar-refractivity contribution in [3.8, 4) is 10.7 Å². The summed E-state index contributed by atoms with van der Waals surface area (Å²) in [5, 5.41) is 6.98. The number of benzene rings is 1. The van der Waals surface area contributed by atoms with Gasteiger partial charge in [0.05, 0.1) is 16.3 Å². The number of carbonyl (C=O) groups is 1. The number of halogens is 1. The Morgan fingerprint density at radius 1 is 1.28 bits per heavy atom. The summed E-state index contributed by atoms with van der Waals surface area (Å²) in [6.45, 7) is 4.99. The van der Waals surface area contributed by atoms with Crippen LogP contribution in [0.15, 0.2) is 33.7 Å². The van der Waals surface area contributed by atoms with E-state index in [4.69, 9.17) is 16.1 Å². The quantitative estimate of drug-likeness (QED) is 0.564. The lowest BCUT2D eigenvalue weighted by Crippen LogP contribution is -2.33. The van der Waals surface area contributed by atoms with Gasteiger partial charge >= 0.3 is 0 Å². The number of hydrogen-bond acceptors (Lipinski definition) is 7. The van der Waals surface area contributed by atoms with Gasteiger partial charge in [-0.1, -0.05) is 29.7 Å². The third-order valence-electron chi connectivity index (χ3n) is 4.03. The van der Waals surface area contributed by atoms with Gasteiger partial charge in [-0.25, -0.2) is 13.1 Å². The molecule has 1 amide bonds. The summed E-state index contributed by atoms with van der Waals surface area (Å²) in [6.07, 6.45) is 0.589. The molecule has 2 aromatic heterocycles. The van der Waals surface area contributed by atoms with Crippen molar-refractivity contribution in [1.82, 2.24) is 14.9 Å². The van der Waals surface area contributed by atoms with Gasteiger partial charge < -0.3 is 9.84 Å². The number of carbonyl (C=O) groups excluding carboxylic acids is 1. The first-order chi connectivity index (χ1) is 13.7. The summed E-state index contributed by atoms with van der Waals surface area (Å²) in [5.74, 6) is 0.305. The number of hydrogen-bond donors (Lipinski definition) is 2. The molecule has 0 bridgehead atoms. The van der Waals surface area contributed by atoms with Crippen molar-refractivity contribution in [2.45, 2.75) is 32.1 Å². The smallest absolute Gasteiger partial charge is 0.242 e. The minimum Gasteiger partial charge on any atom is -0.339 e. The second kappa shape index (κ2) is 8.62. The first-order valence-corrected chi connectivity index (χ1v) is 11.4. The van der Waals surface area contributed by atoms with Crippen LogP contribution in [-0.2, 0) is 21.2 Å². The normalized spacial score (nSPS) is 11.6. The average molecular weight is 455 g/mol. The lowest BCUT2D eigenvalue weighted by atomic mass is 10.2. The van der Waals surface area contributed by atoms with Crippen LogP contribution in [0, 0.1) is 13.8 Å². The van der Waals surface area contributed by atoms with E-state index in [2.05, 4.69) is 20.2 Å². The molecule has 2 N–H and O–H groups in total. The monoisotopic (exact) mass is 454 g/mol. The largest absolute Gasteiger partial charge is 0.339 e. The molecule has 3 aromatic rings. The molecular weight excluding hydrogens is 436 g/mol. The number of amides is 1. The molecule has 11 heteroatoms. The van der Waals surface area contributed by atoms with E-state index in [0.29, 0.717) is 38.6 Å². The highest BCUT2D eigenvalue weighted by Crippen LogP contribution is 2.32. The van der Waals surface area contributed by atoms with Crippen molar-refractivity contribution in [2.24, 2.45) is 0 Å². The number of thiophene rings is 1. The lowest BCUT2D eigenvalue weighted by Gasteiger charge is -2.08. The summed E-state index contributed by atoms with van der Waals surface area (Å²) >= 11 is 7.27. The van der Waals surface area contributed by atoms with E-state index in [0.717, 1.165) is 5.56 Å². The topological polar surface area (TPSA) is 114 Å². The highest BCUT2D eigenvalue weighted by Gasteiger charge is 2.23. The van der Waals surface area contributed by atoms with Gasteiger partial charge in [0.15, 0.2) is 0 Å². The van der Waals surface area contributed by atoms with Crippen molar-refractivity contribution in [3.63, 3.8) is 0 Å². The van der Waals surface area contributed by atoms with Gasteiger partial charge in [0, 0.05) is 22.0 Å². The number of aryl methyl sites for hydroxylation is 3. The zero-order valence-corrected chi connectivity index (χ0v) is 18.3. The van der Waals surface area contributed by atoms with Gasteiger partial charge in [-0.3, -0.25) is 4.79 Å². The molecule has 0 aliphatic rings. The van der Waals surface area contributed by atoms with E-state index >= 15 is 0 Å². The van der Waals surface area contributed by atoms with Crippen molar-refractivity contribution < 1.29 is 17.7 Å². The fraction of sp³-hybridized carbons (Fsp3) is 0.278. The third kappa shape index (κ3) is 5.02. The predicted octanol–water partition coefficient (Wildman–Crippen LogP) is 3.55. The number of nitrogens with one attached hydrogen (secondary N) is 2. The van der Waals surface area contributed by atoms with Gasteiger partial charge in [-0.2, -0.15) is 4.98 Å². The van der Waals surface area contributed by atoms with Gasteiger partial charge in [0.1, 0.15) is 0 Å². The summed E-state index contributed by atoms with van der Waals surface area (Å²) in [4.78, 5) is 17.5. The van der Waals surface area contributed by atoms with Crippen molar-refractivity contribution >= 4 is 44.6 Å². The maximum absolute atomic E-state index is 12.6. The summed E-state index contributed by atoms with van der Waals surface area (Å²) in [6, 6.07) is 6.54. The SMILES string of the molecule is CCc1nc(-c2cc(S(=O)(=O)NCC(=O)Nc3ccc(C)c(Cl)c3)c(C)s2)no1. The van der Waals surface area contributed by atoms with E-state index in [1.807, 2.05) is 13.8 Å². The number of nitrogens with zero attached hydrogens (tertiary/aromatic N) is 2. The minimum absolute atomic E-state index is 0.0755. The van der Waals surface area contributed by atoms with E-state index in [9.17, 15) is 13.2 Å². The van der Waals surface area contributed by atoms with Crippen LogP contribution in [0.4, 0.5) is 5.69 Å².